The number of hydrogen-bond donors (Lipinski definition) is 0. The molecule has 0 aliphatic carbocycles. The second kappa shape index (κ2) is 7.03. The number of piperidine rings is 1. The van der Waals surface area contributed by atoms with Gasteiger partial charge in [0.25, 0.3) is 0 Å². The smallest absolute Gasteiger partial charge is 0.174 e. The minimum Gasteiger partial charge on any atom is -0.354 e. The minimum absolute atomic E-state index is 0.184. The van der Waals surface area contributed by atoms with E-state index in [1.807, 2.05) is 31.2 Å². The first-order valence-corrected chi connectivity index (χ1v) is 8.64. The van der Waals surface area contributed by atoms with Crippen LogP contribution in [0.4, 0.5) is 0 Å². The molecule has 1 aromatic carbocycles. The molecule has 0 spiro atoms. The lowest BCUT2D eigenvalue weighted by molar-refractivity contribution is -0.288. The molecular weight excluding hydrogens is 332 g/mol. The Hall–Kier alpha value is -2.48. The Morgan fingerprint density at radius 2 is 2.04 bits per heavy atom. The van der Waals surface area contributed by atoms with Gasteiger partial charge < -0.3 is 4.74 Å². The van der Waals surface area contributed by atoms with Gasteiger partial charge in [-0.1, -0.05) is 18.2 Å². The van der Waals surface area contributed by atoms with Gasteiger partial charge in [0.2, 0.25) is 0 Å². The van der Waals surface area contributed by atoms with Crippen LogP contribution in [0.5, 0.6) is 0 Å². The average molecular weight is 352 g/mol. The van der Waals surface area contributed by atoms with Gasteiger partial charge >= 0.3 is 0 Å². The number of rotatable bonds is 4. The first-order valence-electron chi connectivity index (χ1n) is 8.64. The van der Waals surface area contributed by atoms with Gasteiger partial charge in [-0.2, -0.15) is 5.06 Å². The van der Waals surface area contributed by atoms with Crippen LogP contribution in [0.25, 0.3) is 21.8 Å². The van der Waals surface area contributed by atoms with Crippen molar-refractivity contribution in [1.82, 2.24) is 20.0 Å². The number of methoxy groups -OCH3 is 1. The maximum atomic E-state index is 12.0. The van der Waals surface area contributed by atoms with Crippen molar-refractivity contribution in [3.05, 3.63) is 42.5 Å². The highest BCUT2D eigenvalue weighted by Crippen LogP contribution is 2.30. The molecule has 26 heavy (non-hydrogen) atoms. The standard InChI is InChI=1S/C19H20N4O3/c1-12(25-2)26-23-8-7-14(24)9-17(23)19-21-11-13-10-20-16-6-4-3-5-15(16)18(13)22-19/h3-6,10-12,17H,7-9H2,1-2H3. The van der Waals surface area contributed by atoms with Crippen molar-refractivity contribution in [2.75, 3.05) is 13.7 Å². The fourth-order valence-electron chi connectivity index (χ4n) is 3.19. The SMILES string of the molecule is COC(C)ON1CCC(=O)CC1c1ncc2cnc3ccccc3c2n1. The van der Waals surface area contributed by atoms with Crippen molar-refractivity contribution in [3.63, 3.8) is 0 Å². The van der Waals surface area contributed by atoms with Gasteiger partial charge in [0.05, 0.1) is 11.0 Å². The van der Waals surface area contributed by atoms with E-state index >= 15 is 0 Å². The Kier molecular flexibility index (Phi) is 4.58. The molecule has 7 heteroatoms. The predicted molar refractivity (Wildman–Crippen MR) is 96.1 cm³/mol. The van der Waals surface area contributed by atoms with Gasteiger partial charge in [-0.3, -0.25) is 14.6 Å². The molecule has 1 saturated heterocycles. The van der Waals surface area contributed by atoms with E-state index in [0.717, 1.165) is 21.8 Å². The van der Waals surface area contributed by atoms with E-state index < -0.39 is 6.29 Å². The molecule has 2 aromatic heterocycles. The van der Waals surface area contributed by atoms with E-state index in [4.69, 9.17) is 14.6 Å². The van der Waals surface area contributed by atoms with Crippen LogP contribution < -0.4 is 0 Å². The van der Waals surface area contributed by atoms with Crippen LogP contribution in [0.15, 0.2) is 36.7 Å². The number of ether oxygens (including phenoxy) is 1. The van der Waals surface area contributed by atoms with E-state index in [1.54, 1.807) is 24.6 Å². The topological polar surface area (TPSA) is 77.4 Å². The van der Waals surface area contributed by atoms with Crippen LogP contribution in [-0.4, -0.2) is 45.7 Å². The maximum Gasteiger partial charge on any atom is 0.174 e. The van der Waals surface area contributed by atoms with E-state index in [9.17, 15) is 4.79 Å². The molecule has 3 heterocycles. The molecule has 0 N–H and O–H groups in total. The number of benzene rings is 1. The zero-order chi connectivity index (χ0) is 18.1. The van der Waals surface area contributed by atoms with Crippen molar-refractivity contribution in [2.24, 2.45) is 0 Å². The molecule has 7 nitrogen and oxygen atoms in total. The van der Waals surface area contributed by atoms with Crippen molar-refractivity contribution in [2.45, 2.75) is 32.1 Å². The number of carbonyl (C=O) groups excluding carboxylic acids is 1. The van der Waals surface area contributed by atoms with Crippen LogP contribution in [-0.2, 0) is 14.4 Å². The summed E-state index contributed by atoms with van der Waals surface area (Å²) in [5.74, 6) is 0.758. The molecule has 0 saturated carbocycles. The van der Waals surface area contributed by atoms with Crippen LogP contribution in [0.2, 0.25) is 0 Å². The Bertz CT molecular complexity index is 962. The van der Waals surface area contributed by atoms with Gasteiger partial charge in [-0.15, -0.1) is 0 Å². The molecule has 3 aromatic rings. The Labute approximate surface area is 150 Å². The molecule has 2 unspecified atom stereocenters. The maximum absolute atomic E-state index is 12.0. The van der Waals surface area contributed by atoms with Gasteiger partial charge in [0, 0.05) is 49.7 Å². The highest BCUT2D eigenvalue weighted by Gasteiger charge is 2.32. The molecule has 4 rings (SSSR count). The molecular formula is C19H20N4O3. The van der Waals surface area contributed by atoms with Crippen LogP contribution in [0.1, 0.15) is 31.6 Å². The van der Waals surface area contributed by atoms with Crippen LogP contribution >= 0.6 is 0 Å². The quantitative estimate of drug-likeness (QED) is 0.528. The van der Waals surface area contributed by atoms with E-state index in [1.165, 1.54) is 0 Å². The fourth-order valence-corrected chi connectivity index (χ4v) is 3.19. The van der Waals surface area contributed by atoms with Gasteiger partial charge in [-0.25, -0.2) is 9.97 Å². The van der Waals surface area contributed by atoms with Crippen LogP contribution in [0, 0.1) is 0 Å². The third kappa shape index (κ3) is 3.16. The second-order valence-electron chi connectivity index (χ2n) is 6.37. The van der Waals surface area contributed by atoms with Gasteiger partial charge in [0.1, 0.15) is 17.6 Å². The van der Waals surface area contributed by atoms with Crippen molar-refractivity contribution >= 4 is 27.6 Å². The summed E-state index contributed by atoms with van der Waals surface area (Å²) in [5, 5.41) is 3.60. The molecule has 2 atom stereocenters. The normalized spacial score (nSPS) is 19.9. The van der Waals surface area contributed by atoms with Crippen LogP contribution in [0.3, 0.4) is 0 Å². The molecule has 0 bridgehead atoms. The highest BCUT2D eigenvalue weighted by atomic mass is 16.8. The predicted octanol–water partition coefficient (Wildman–Crippen LogP) is 2.81. The van der Waals surface area contributed by atoms with Crippen molar-refractivity contribution in [1.29, 1.82) is 0 Å². The van der Waals surface area contributed by atoms with Crippen molar-refractivity contribution in [3.8, 4) is 0 Å². The summed E-state index contributed by atoms with van der Waals surface area (Å²) in [7, 11) is 1.58. The number of pyridine rings is 1. The number of aromatic nitrogens is 3. The molecule has 1 fully saturated rings. The Morgan fingerprint density at radius 1 is 1.23 bits per heavy atom. The first kappa shape index (κ1) is 17.0. The summed E-state index contributed by atoms with van der Waals surface area (Å²) < 4.78 is 5.19. The number of hydroxylamine groups is 2. The average Bonchev–Trinajstić information content (AvgIpc) is 2.68. The summed E-state index contributed by atoms with van der Waals surface area (Å²) in [5.41, 5.74) is 1.71. The summed E-state index contributed by atoms with van der Waals surface area (Å²) >= 11 is 0. The largest absolute Gasteiger partial charge is 0.354 e. The Morgan fingerprint density at radius 3 is 2.88 bits per heavy atom. The first-order chi connectivity index (χ1) is 12.7. The summed E-state index contributed by atoms with van der Waals surface area (Å²) in [4.78, 5) is 31.6. The molecule has 0 amide bonds. The van der Waals surface area contributed by atoms with Gasteiger partial charge in [-0.05, 0) is 13.0 Å². The summed E-state index contributed by atoms with van der Waals surface area (Å²) in [6, 6.07) is 7.53. The summed E-state index contributed by atoms with van der Waals surface area (Å²) in [6.45, 7) is 2.31. The fraction of sp³-hybridized carbons (Fsp3) is 0.368. The lowest BCUT2D eigenvalue weighted by Gasteiger charge is -2.34. The van der Waals surface area contributed by atoms with E-state index in [0.29, 0.717) is 25.2 Å². The Balaban J connectivity index is 1.77. The monoisotopic (exact) mass is 352 g/mol. The van der Waals surface area contributed by atoms with E-state index in [2.05, 4.69) is 9.97 Å². The third-order valence-electron chi connectivity index (χ3n) is 4.63. The zero-order valence-corrected chi connectivity index (χ0v) is 14.8. The molecule has 134 valence electrons. The molecule has 1 aliphatic heterocycles. The minimum atomic E-state index is -0.406. The number of nitrogens with zero attached hydrogens (tertiary/aromatic N) is 4. The second-order valence-corrected chi connectivity index (χ2v) is 6.37. The molecule has 0 radical (unpaired) electrons. The zero-order valence-electron chi connectivity index (χ0n) is 14.8. The number of para-hydroxylation sites is 1. The van der Waals surface area contributed by atoms with Crippen molar-refractivity contribution < 1.29 is 14.4 Å². The lowest BCUT2D eigenvalue weighted by atomic mass is 10.0. The number of ketones is 1. The highest BCUT2D eigenvalue weighted by molar-refractivity contribution is 6.02. The van der Waals surface area contributed by atoms with Gasteiger partial charge in [0.15, 0.2) is 6.29 Å². The number of hydrogen-bond acceptors (Lipinski definition) is 7. The number of fused-ring (bicyclic) bond motifs is 3. The van der Waals surface area contributed by atoms with E-state index in [-0.39, 0.29) is 11.8 Å². The summed E-state index contributed by atoms with van der Waals surface area (Å²) in [6.07, 6.45) is 3.90. The number of carbonyl (C=O) groups is 1. The lowest BCUT2D eigenvalue weighted by Crippen LogP contribution is -2.40. The number of Topliss-reactive ketones (excluding diaryl/α,β-unsaturated/α-hetero) is 1. The third-order valence-corrected chi connectivity index (χ3v) is 4.63. The molecule has 1 aliphatic rings.